The largest absolute Gasteiger partial charge is 0.467 e. The minimum atomic E-state index is -0.547. The van der Waals surface area contributed by atoms with E-state index in [1.807, 2.05) is 15.7 Å². The lowest BCUT2D eigenvalue weighted by molar-refractivity contribution is 0.0844. The predicted molar refractivity (Wildman–Crippen MR) is 79.3 cm³/mol. The zero-order chi connectivity index (χ0) is 12.4. The van der Waals surface area contributed by atoms with Crippen LogP contribution in [0, 0.1) is 0 Å². The number of hydrogen-bond acceptors (Lipinski definition) is 3. The summed E-state index contributed by atoms with van der Waals surface area (Å²) in [6.07, 6.45) is 1.91. The second-order valence-corrected chi connectivity index (χ2v) is 5.64. The van der Waals surface area contributed by atoms with Gasteiger partial charge in [-0.1, -0.05) is 0 Å². The Kier molecular flexibility index (Phi) is 2.15. The summed E-state index contributed by atoms with van der Waals surface area (Å²) in [5.74, 6) is 1.83. The first-order valence-corrected chi connectivity index (χ1v) is 6.17. The minimum Gasteiger partial charge on any atom is -0.467 e. The van der Waals surface area contributed by atoms with Crippen molar-refractivity contribution in [1.82, 2.24) is 0 Å². The molecule has 0 unspecified atom stereocenters. The number of ether oxygens (including phenoxy) is 2. The molecule has 3 nitrogen and oxygen atoms in total. The first-order valence-electron chi connectivity index (χ1n) is 6.17. The highest BCUT2D eigenvalue weighted by Crippen LogP contribution is 2.37. The summed E-state index contributed by atoms with van der Waals surface area (Å²) in [5.41, 5.74) is 10.7. The summed E-state index contributed by atoms with van der Waals surface area (Å²) in [6, 6.07) is 0.248. The third kappa shape index (κ3) is 1.52. The van der Waals surface area contributed by atoms with Crippen molar-refractivity contribution in [3.8, 4) is 11.5 Å². The molecule has 1 aromatic carbocycles. The highest BCUT2D eigenvalue weighted by Gasteiger charge is 2.37. The van der Waals surface area contributed by atoms with Crippen LogP contribution in [0.4, 0.5) is 0 Å². The molecule has 0 amide bonds. The maximum atomic E-state index is 6.05. The highest BCUT2D eigenvalue weighted by molar-refractivity contribution is 6.43. The lowest BCUT2D eigenvalue weighted by Crippen LogP contribution is -2.40. The fourth-order valence-corrected chi connectivity index (χ4v) is 2.97. The van der Waals surface area contributed by atoms with Gasteiger partial charge in [0.15, 0.2) is 32.8 Å². The normalized spacial score (nSPS) is 20.5. The molecule has 0 radical (unpaired) electrons. The molecule has 2 N–H and O–H groups in total. The zero-order valence-corrected chi connectivity index (χ0v) is 10.9. The smallest absolute Gasteiger partial charge is 0.197 e. The molecule has 2 aliphatic rings. The van der Waals surface area contributed by atoms with E-state index in [1.165, 1.54) is 22.1 Å². The molecular weight excluding hydrogens is 209 g/mol. The Morgan fingerprint density at radius 3 is 1.82 bits per heavy atom. The summed E-state index contributed by atoms with van der Waals surface area (Å²) in [4.78, 5) is 0. The van der Waals surface area contributed by atoms with Gasteiger partial charge in [-0.15, -0.1) is 0 Å². The van der Waals surface area contributed by atoms with Gasteiger partial charge < -0.3 is 15.2 Å². The van der Waals surface area contributed by atoms with E-state index in [-0.39, 0.29) is 6.04 Å². The van der Waals surface area contributed by atoms with Crippen LogP contribution >= 0.6 is 0 Å². The Hall–Kier alpha value is -0.960. The molecule has 1 aromatic rings. The molecule has 1 aliphatic carbocycles. The minimum absolute atomic E-state index is 0.248. The fraction of sp³-hybridized carbons (Fsp3) is 0.400. The lowest BCUT2D eigenvalue weighted by atomic mass is 9.76. The number of fused-ring (bicyclic) bond motifs is 2. The average molecular weight is 224 g/mol. The van der Waals surface area contributed by atoms with E-state index >= 15 is 0 Å². The Balaban J connectivity index is 2.21. The molecule has 0 bridgehead atoms. The van der Waals surface area contributed by atoms with Crippen LogP contribution < -0.4 is 26.1 Å². The van der Waals surface area contributed by atoms with Crippen molar-refractivity contribution in [2.24, 2.45) is 5.73 Å². The molecule has 84 valence electrons. The van der Waals surface area contributed by atoms with E-state index in [9.17, 15) is 0 Å². The van der Waals surface area contributed by atoms with Crippen LogP contribution in [0.5, 0.6) is 11.5 Å². The van der Waals surface area contributed by atoms with E-state index < -0.39 is 5.59 Å². The van der Waals surface area contributed by atoms with E-state index in [1.54, 1.807) is 0 Å². The molecule has 0 aromatic heterocycles. The average Bonchev–Trinajstić information content (AvgIpc) is 2.75. The SMILES string of the molecule is Bc1c2c(c(B)c3c1OC(B)(B)O3)CC(N)C2. The fourth-order valence-electron chi connectivity index (χ4n) is 2.97. The number of rotatable bonds is 0. The topological polar surface area (TPSA) is 44.5 Å². The van der Waals surface area contributed by atoms with Crippen LogP contribution in [-0.2, 0) is 12.8 Å². The van der Waals surface area contributed by atoms with Gasteiger partial charge in [0, 0.05) is 6.04 Å². The van der Waals surface area contributed by atoms with Gasteiger partial charge in [0.1, 0.15) is 15.7 Å². The predicted octanol–water partition coefficient (Wildman–Crippen LogP) is -4.72. The summed E-state index contributed by atoms with van der Waals surface area (Å²) >= 11 is 0. The van der Waals surface area contributed by atoms with Crippen molar-refractivity contribution in [3.05, 3.63) is 11.1 Å². The summed E-state index contributed by atoms with van der Waals surface area (Å²) < 4.78 is 11.8. The van der Waals surface area contributed by atoms with Gasteiger partial charge in [0.2, 0.25) is 0 Å². The Bertz CT molecular complexity index is 475. The molecule has 0 saturated heterocycles. The van der Waals surface area contributed by atoms with Gasteiger partial charge in [0.25, 0.3) is 0 Å². The Morgan fingerprint density at radius 2 is 1.41 bits per heavy atom. The van der Waals surface area contributed by atoms with Gasteiger partial charge in [-0.3, -0.25) is 0 Å². The molecule has 3 rings (SSSR count). The van der Waals surface area contributed by atoms with Gasteiger partial charge >= 0.3 is 0 Å². The maximum absolute atomic E-state index is 6.05. The van der Waals surface area contributed by atoms with Crippen LogP contribution in [0.1, 0.15) is 11.1 Å². The van der Waals surface area contributed by atoms with Crippen molar-refractivity contribution in [2.45, 2.75) is 24.5 Å². The van der Waals surface area contributed by atoms with Crippen LogP contribution in [0.2, 0.25) is 0 Å². The first kappa shape index (κ1) is 11.1. The Morgan fingerprint density at radius 1 is 1.00 bits per heavy atom. The number of hydrogen-bond donors (Lipinski definition) is 1. The van der Waals surface area contributed by atoms with Crippen molar-refractivity contribution in [3.63, 3.8) is 0 Å². The highest BCUT2D eigenvalue weighted by atomic mass is 16.7. The van der Waals surface area contributed by atoms with E-state index in [4.69, 9.17) is 15.2 Å². The molecule has 1 aliphatic heterocycles. The van der Waals surface area contributed by atoms with Crippen LogP contribution in [-0.4, -0.2) is 43.0 Å². The number of benzene rings is 1. The molecule has 0 spiro atoms. The van der Waals surface area contributed by atoms with E-state index in [2.05, 4.69) is 15.7 Å². The van der Waals surface area contributed by atoms with Crippen LogP contribution in [0.25, 0.3) is 0 Å². The second kappa shape index (κ2) is 3.29. The monoisotopic (exact) mass is 225 g/mol. The summed E-state index contributed by atoms with van der Waals surface area (Å²) in [5, 5.41) is 0. The lowest BCUT2D eigenvalue weighted by Gasteiger charge is -2.18. The Labute approximate surface area is 105 Å². The zero-order valence-electron chi connectivity index (χ0n) is 10.9. The maximum Gasteiger partial charge on any atom is 0.197 e. The molecule has 0 atom stereocenters. The van der Waals surface area contributed by atoms with Crippen molar-refractivity contribution >= 4 is 42.3 Å². The van der Waals surface area contributed by atoms with E-state index in [0.717, 1.165) is 24.3 Å². The standard InChI is InChI=1S/C10H15B4NO2/c11-6-4-1-3(15)2-5(4)7(12)9-8(6)16-10(13,14)17-9/h3H,1-2,11-15H2. The van der Waals surface area contributed by atoms with Crippen molar-refractivity contribution in [1.29, 1.82) is 0 Å². The van der Waals surface area contributed by atoms with Crippen LogP contribution in [0.15, 0.2) is 0 Å². The van der Waals surface area contributed by atoms with Crippen molar-refractivity contribution < 1.29 is 9.47 Å². The molecule has 17 heavy (non-hydrogen) atoms. The van der Waals surface area contributed by atoms with Gasteiger partial charge in [-0.05, 0) is 34.9 Å². The summed E-state index contributed by atoms with van der Waals surface area (Å²) in [6.45, 7) is 0. The van der Waals surface area contributed by atoms with Crippen molar-refractivity contribution in [2.75, 3.05) is 0 Å². The molecule has 0 fully saturated rings. The molecule has 1 heterocycles. The number of nitrogens with two attached hydrogens (primary N) is 1. The van der Waals surface area contributed by atoms with Gasteiger partial charge in [0.05, 0.1) is 0 Å². The third-order valence-electron chi connectivity index (χ3n) is 3.79. The second-order valence-electron chi connectivity index (χ2n) is 5.64. The van der Waals surface area contributed by atoms with Gasteiger partial charge in [-0.2, -0.15) is 0 Å². The molecule has 0 saturated carbocycles. The quantitative estimate of drug-likeness (QED) is 0.451. The van der Waals surface area contributed by atoms with E-state index in [0.29, 0.717) is 0 Å². The molecule has 7 heteroatoms. The van der Waals surface area contributed by atoms with Gasteiger partial charge in [-0.25, -0.2) is 0 Å². The molecular formula is C10H15B4NO2. The van der Waals surface area contributed by atoms with Crippen LogP contribution in [0.3, 0.4) is 0 Å². The first-order chi connectivity index (χ1) is 7.89. The third-order valence-corrected chi connectivity index (χ3v) is 3.79. The summed E-state index contributed by atoms with van der Waals surface area (Å²) in [7, 11) is 8.12.